The highest BCUT2D eigenvalue weighted by Gasteiger charge is 2.51. The van der Waals surface area contributed by atoms with E-state index in [1.807, 2.05) is 0 Å². The van der Waals surface area contributed by atoms with Crippen LogP contribution in [0.1, 0.15) is 38.5 Å². The van der Waals surface area contributed by atoms with Crippen molar-refractivity contribution in [3.8, 4) is 0 Å². The van der Waals surface area contributed by atoms with E-state index in [2.05, 4.69) is 0 Å². The molecule has 1 aliphatic carbocycles. The number of nitrogens with zero attached hydrogens (tertiary/aromatic N) is 1. The molecule has 0 aromatic rings. The minimum atomic E-state index is -0.451. The Morgan fingerprint density at radius 1 is 0.900 bits per heavy atom. The minimum Gasteiger partial charge on any atom is -0.355 e. The van der Waals surface area contributed by atoms with Crippen molar-refractivity contribution in [1.29, 1.82) is 0 Å². The van der Waals surface area contributed by atoms with Gasteiger partial charge in [-0.15, -0.1) is 0 Å². The fourth-order valence-electron chi connectivity index (χ4n) is 3.87. The highest BCUT2D eigenvalue weighted by atomic mass is 16.7. The number of imide groups is 1. The van der Waals surface area contributed by atoms with Crippen LogP contribution in [0.3, 0.4) is 0 Å². The van der Waals surface area contributed by atoms with Crippen molar-refractivity contribution >= 4 is 11.8 Å². The number of ether oxygens (including phenoxy) is 3. The van der Waals surface area contributed by atoms with Gasteiger partial charge in [-0.3, -0.25) is 14.5 Å². The SMILES string of the molecule is O=C1C2CCC(O2)C(=O)N1C1CCC2(CC1)OCCO2. The summed E-state index contributed by atoms with van der Waals surface area (Å²) in [5.41, 5.74) is 0. The number of hydrogen-bond donors (Lipinski definition) is 0. The Kier molecular flexibility index (Phi) is 2.87. The van der Waals surface area contributed by atoms with Gasteiger partial charge in [-0.05, 0) is 25.7 Å². The summed E-state index contributed by atoms with van der Waals surface area (Å²) in [6.07, 6.45) is 3.59. The van der Waals surface area contributed by atoms with Crippen LogP contribution >= 0.6 is 0 Å². The minimum absolute atomic E-state index is 0.0135. The number of morpholine rings is 1. The van der Waals surface area contributed by atoms with Crippen LogP contribution in [-0.2, 0) is 23.8 Å². The lowest BCUT2D eigenvalue weighted by molar-refractivity contribution is -0.193. The van der Waals surface area contributed by atoms with Crippen molar-refractivity contribution in [2.24, 2.45) is 0 Å². The molecule has 0 aromatic carbocycles. The maximum absolute atomic E-state index is 12.3. The number of rotatable bonds is 1. The molecular weight excluding hydrogens is 262 g/mol. The van der Waals surface area contributed by atoms with Crippen molar-refractivity contribution in [1.82, 2.24) is 4.90 Å². The van der Waals surface area contributed by atoms with Crippen molar-refractivity contribution in [3.05, 3.63) is 0 Å². The Hall–Kier alpha value is -0.980. The molecule has 4 aliphatic rings. The van der Waals surface area contributed by atoms with Gasteiger partial charge < -0.3 is 14.2 Å². The Bertz CT molecular complexity index is 413. The summed E-state index contributed by atoms with van der Waals surface area (Å²) in [5, 5.41) is 0. The average Bonchev–Trinajstić information content (AvgIpc) is 3.08. The zero-order valence-corrected chi connectivity index (χ0v) is 11.4. The summed E-state index contributed by atoms with van der Waals surface area (Å²) in [5.74, 6) is -0.732. The molecule has 6 heteroatoms. The summed E-state index contributed by atoms with van der Waals surface area (Å²) in [6.45, 7) is 1.29. The van der Waals surface area contributed by atoms with Crippen LogP contribution in [-0.4, -0.2) is 54.0 Å². The molecule has 0 N–H and O–H groups in total. The van der Waals surface area contributed by atoms with E-state index in [0.717, 1.165) is 25.7 Å². The summed E-state index contributed by atoms with van der Waals surface area (Å²) < 4.78 is 16.8. The zero-order valence-electron chi connectivity index (χ0n) is 11.4. The van der Waals surface area contributed by atoms with Gasteiger partial charge in [0.25, 0.3) is 11.8 Å². The monoisotopic (exact) mass is 281 g/mol. The molecule has 0 aromatic heterocycles. The Labute approximate surface area is 117 Å². The topological polar surface area (TPSA) is 65.1 Å². The molecule has 3 saturated heterocycles. The van der Waals surface area contributed by atoms with Gasteiger partial charge in [-0.25, -0.2) is 0 Å². The fraction of sp³-hybridized carbons (Fsp3) is 0.857. The smallest absolute Gasteiger partial charge is 0.258 e. The second-order valence-corrected chi connectivity index (χ2v) is 6.08. The zero-order chi connectivity index (χ0) is 13.7. The van der Waals surface area contributed by atoms with Gasteiger partial charge in [0.2, 0.25) is 0 Å². The molecule has 6 nitrogen and oxygen atoms in total. The Morgan fingerprint density at radius 3 is 2.00 bits per heavy atom. The van der Waals surface area contributed by atoms with Crippen molar-refractivity contribution in [3.63, 3.8) is 0 Å². The number of likely N-dealkylation sites (tertiary alicyclic amines) is 1. The molecule has 2 bridgehead atoms. The maximum Gasteiger partial charge on any atom is 0.258 e. The molecule has 4 rings (SSSR count). The molecule has 3 heterocycles. The van der Waals surface area contributed by atoms with Gasteiger partial charge in [0.1, 0.15) is 12.2 Å². The van der Waals surface area contributed by atoms with Crippen molar-refractivity contribution < 1.29 is 23.8 Å². The van der Waals surface area contributed by atoms with E-state index in [0.29, 0.717) is 26.1 Å². The number of hydrogen-bond acceptors (Lipinski definition) is 5. The van der Waals surface area contributed by atoms with Gasteiger partial charge in [0, 0.05) is 18.9 Å². The molecule has 3 aliphatic heterocycles. The van der Waals surface area contributed by atoms with E-state index in [9.17, 15) is 9.59 Å². The van der Waals surface area contributed by atoms with E-state index in [1.165, 1.54) is 4.90 Å². The third-order valence-electron chi connectivity index (χ3n) is 4.94. The largest absolute Gasteiger partial charge is 0.355 e. The van der Waals surface area contributed by atoms with E-state index >= 15 is 0 Å². The second-order valence-electron chi connectivity index (χ2n) is 6.08. The van der Waals surface area contributed by atoms with E-state index in [1.54, 1.807) is 0 Å². The molecule has 0 radical (unpaired) electrons. The highest BCUT2D eigenvalue weighted by molar-refractivity contribution is 6.02. The molecule has 2 atom stereocenters. The molecule has 110 valence electrons. The highest BCUT2D eigenvalue weighted by Crippen LogP contribution is 2.39. The first-order valence-electron chi connectivity index (χ1n) is 7.49. The quantitative estimate of drug-likeness (QED) is 0.658. The summed E-state index contributed by atoms with van der Waals surface area (Å²) in [4.78, 5) is 26.1. The predicted molar refractivity (Wildman–Crippen MR) is 66.6 cm³/mol. The number of carbonyl (C=O) groups is 2. The first-order chi connectivity index (χ1) is 9.69. The summed E-state index contributed by atoms with van der Waals surface area (Å²) in [7, 11) is 0. The van der Waals surface area contributed by atoms with Crippen molar-refractivity contribution in [2.75, 3.05) is 13.2 Å². The summed E-state index contributed by atoms with van der Waals surface area (Å²) in [6, 6.07) is -0.0135. The first kappa shape index (κ1) is 12.7. The van der Waals surface area contributed by atoms with Crippen LogP contribution in [0.5, 0.6) is 0 Å². The van der Waals surface area contributed by atoms with Crippen LogP contribution < -0.4 is 0 Å². The van der Waals surface area contributed by atoms with Gasteiger partial charge in [0.15, 0.2) is 5.79 Å². The lowest BCUT2D eigenvalue weighted by Crippen LogP contribution is -2.57. The molecule has 1 saturated carbocycles. The third-order valence-corrected chi connectivity index (χ3v) is 4.94. The predicted octanol–water partition coefficient (Wildman–Crippen LogP) is 0.588. The molecule has 20 heavy (non-hydrogen) atoms. The Balaban J connectivity index is 1.48. The fourth-order valence-corrected chi connectivity index (χ4v) is 3.87. The van der Waals surface area contributed by atoms with Crippen LogP contribution in [0.2, 0.25) is 0 Å². The van der Waals surface area contributed by atoms with Gasteiger partial charge in [-0.2, -0.15) is 0 Å². The maximum atomic E-state index is 12.3. The molecule has 1 spiro atoms. The average molecular weight is 281 g/mol. The molecular formula is C14H19NO5. The van der Waals surface area contributed by atoms with Gasteiger partial charge in [0.05, 0.1) is 13.2 Å². The lowest BCUT2D eigenvalue weighted by atomic mass is 9.88. The van der Waals surface area contributed by atoms with Crippen LogP contribution in [0, 0.1) is 0 Å². The second kappa shape index (κ2) is 4.51. The van der Waals surface area contributed by atoms with Gasteiger partial charge in [-0.1, -0.05) is 0 Å². The van der Waals surface area contributed by atoms with E-state index in [-0.39, 0.29) is 17.9 Å². The first-order valence-corrected chi connectivity index (χ1v) is 7.49. The van der Waals surface area contributed by atoms with Gasteiger partial charge >= 0.3 is 0 Å². The lowest BCUT2D eigenvalue weighted by Gasteiger charge is -2.41. The molecule has 4 fully saturated rings. The number of fused-ring (bicyclic) bond motifs is 2. The van der Waals surface area contributed by atoms with Crippen LogP contribution in [0.4, 0.5) is 0 Å². The molecule has 2 amide bonds. The number of amides is 2. The van der Waals surface area contributed by atoms with E-state index < -0.39 is 18.0 Å². The standard InChI is InChI=1S/C14H19NO5/c16-12-10-1-2-11(20-10)13(17)15(12)9-3-5-14(6-4-9)18-7-8-19-14/h9-11H,1-8H2. The Morgan fingerprint density at radius 2 is 1.45 bits per heavy atom. The van der Waals surface area contributed by atoms with Crippen LogP contribution in [0.25, 0.3) is 0 Å². The number of carbonyl (C=O) groups excluding carboxylic acids is 2. The normalized spacial score (nSPS) is 37.1. The van der Waals surface area contributed by atoms with Crippen molar-refractivity contribution in [2.45, 2.75) is 62.6 Å². The summed E-state index contributed by atoms with van der Waals surface area (Å²) >= 11 is 0. The third kappa shape index (κ3) is 1.82. The molecule has 2 unspecified atom stereocenters. The van der Waals surface area contributed by atoms with Crippen LogP contribution in [0.15, 0.2) is 0 Å². The van der Waals surface area contributed by atoms with E-state index in [4.69, 9.17) is 14.2 Å².